The molecule has 3 heterocycles. The zero-order valence-corrected chi connectivity index (χ0v) is 13.8. The Hall–Kier alpha value is -2.51. The van der Waals surface area contributed by atoms with Gasteiger partial charge in [-0.25, -0.2) is 9.97 Å². The molecule has 0 atom stereocenters. The third kappa shape index (κ3) is 2.64. The van der Waals surface area contributed by atoms with Gasteiger partial charge in [0.2, 0.25) is 0 Å². The summed E-state index contributed by atoms with van der Waals surface area (Å²) in [5.74, 6) is -0.241. The molecule has 0 aliphatic heterocycles. The van der Waals surface area contributed by atoms with E-state index in [-0.39, 0.29) is 5.91 Å². The fraction of sp³-hybridized carbons (Fsp3) is 0.0625. The SMILES string of the molecule is Cc1csc2nc(C(=O)Nc3nc(-c4ccccc4)cs3)cn12. The normalized spacial score (nSPS) is 11.0. The summed E-state index contributed by atoms with van der Waals surface area (Å²) in [6, 6.07) is 9.88. The molecule has 0 unspecified atom stereocenters. The van der Waals surface area contributed by atoms with E-state index in [0.717, 1.165) is 21.9 Å². The minimum atomic E-state index is -0.241. The number of aryl methyl sites for hydroxylation is 1. The zero-order chi connectivity index (χ0) is 15.8. The highest BCUT2D eigenvalue weighted by atomic mass is 32.1. The van der Waals surface area contributed by atoms with E-state index >= 15 is 0 Å². The number of anilines is 1. The first kappa shape index (κ1) is 14.1. The van der Waals surface area contributed by atoms with Crippen molar-refractivity contribution in [2.75, 3.05) is 5.32 Å². The highest BCUT2D eigenvalue weighted by Gasteiger charge is 2.14. The molecule has 0 radical (unpaired) electrons. The van der Waals surface area contributed by atoms with E-state index in [0.29, 0.717) is 10.8 Å². The van der Waals surface area contributed by atoms with Crippen LogP contribution in [0, 0.1) is 6.92 Å². The second-order valence-corrected chi connectivity index (χ2v) is 6.71. The van der Waals surface area contributed by atoms with Gasteiger partial charge in [-0.15, -0.1) is 22.7 Å². The van der Waals surface area contributed by atoms with Gasteiger partial charge in [-0.3, -0.25) is 14.5 Å². The van der Waals surface area contributed by atoms with E-state index < -0.39 is 0 Å². The van der Waals surface area contributed by atoms with Crippen LogP contribution in [-0.4, -0.2) is 20.3 Å². The van der Waals surface area contributed by atoms with Crippen molar-refractivity contribution in [1.82, 2.24) is 14.4 Å². The van der Waals surface area contributed by atoms with E-state index in [4.69, 9.17) is 0 Å². The second kappa shape index (κ2) is 5.60. The van der Waals surface area contributed by atoms with Gasteiger partial charge < -0.3 is 0 Å². The van der Waals surface area contributed by atoms with E-state index in [1.54, 1.807) is 6.20 Å². The Morgan fingerprint density at radius 1 is 1.13 bits per heavy atom. The number of imidazole rings is 1. The van der Waals surface area contributed by atoms with Crippen LogP contribution in [0.15, 0.2) is 47.3 Å². The summed E-state index contributed by atoms with van der Waals surface area (Å²) in [6.45, 7) is 1.99. The molecule has 0 aliphatic rings. The first-order valence-corrected chi connectivity index (χ1v) is 8.72. The van der Waals surface area contributed by atoms with Crippen molar-refractivity contribution in [3.05, 3.63) is 58.7 Å². The molecule has 23 heavy (non-hydrogen) atoms. The highest BCUT2D eigenvalue weighted by Crippen LogP contribution is 2.25. The molecule has 0 saturated carbocycles. The molecule has 0 fully saturated rings. The van der Waals surface area contributed by atoms with E-state index in [2.05, 4.69) is 15.3 Å². The maximum absolute atomic E-state index is 12.3. The molecule has 0 spiro atoms. The predicted molar refractivity (Wildman–Crippen MR) is 93.3 cm³/mol. The number of amides is 1. The number of carbonyl (C=O) groups is 1. The van der Waals surface area contributed by atoms with Crippen molar-refractivity contribution < 1.29 is 4.79 Å². The summed E-state index contributed by atoms with van der Waals surface area (Å²) in [6.07, 6.45) is 1.75. The monoisotopic (exact) mass is 340 g/mol. The Morgan fingerprint density at radius 3 is 2.74 bits per heavy atom. The van der Waals surface area contributed by atoms with Gasteiger partial charge in [0, 0.05) is 28.2 Å². The van der Waals surface area contributed by atoms with Crippen LogP contribution in [0.2, 0.25) is 0 Å². The van der Waals surface area contributed by atoms with Crippen molar-refractivity contribution in [2.24, 2.45) is 0 Å². The number of hydrogen-bond donors (Lipinski definition) is 1. The van der Waals surface area contributed by atoms with Gasteiger partial charge in [-0.2, -0.15) is 0 Å². The number of nitrogens with zero attached hydrogens (tertiary/aromatic N) is 3. The number of carbonyl (C=O) groups excluding carboxylic acids is 1. The lowest BCUT2D eigenvalue weighted by molar-refractivity contribution is 0.102. The van der Waals surface area contributed by atoms with Crippen molar-refractivity contribution in [2.45, 2.75) is 6.92 Å². The first-order chi connectivity index (χ1) is 11.2. The van der Waals surface area contributed by atoms with E-state index in [1.807, 2.05) is 52.4 Å². The summed E-state index contributed by atoms with van der Waals surface area (Å²) in [5, 5.41) is 7.33. The van der Waals surface area contributed by atoms with Gasteiger partial charge in [0.25, 0.3) is 5.91 Å². The van der Waals surface area contributed by atoms with Crippen LogP contribution in [0.25, 0.3) is 16.2 Å². The first-order valence-electron chi connectivity index (χ1n) is 6.96. The molecule has 0 aliphatic carbocycles. The minimum Gasteiger partial charge on any atom is -0.296 e. The maximum atomic E-state index is 12.3. The molecule has 0 saturated heterocycles. The average molecular weight is 340 g/mol. The largest absolute Gasteiger partial charge is 0.296 e. The Balaban J connectivity index is 1.56. The number of thiazole rings is 2. The molecule has 1 amide bonds. The number of fused-ring (bicyclic) bond motifs is 1. The van der Waals surface area contributed by atoms with Gasteiger partial charge >= 0.3 is 0 Å². The van der Waals surface area contributed by atoms with Gasteiger partial charge in [0.1, 0.15) is 5.69 Å². The highest BCUT2D eigenvalue weighted by molar-refractivity contribution is 7.15. The number of nitrogens with one attached hydrogen (secondary N) is 1. The summed E-state index contributed by atoms with van der Waals surface area (Å²) < 4.78 is 1.91. The van der Waals surface area contributed by atoms with Gasteiger partial charge in [0.05, 0.1) is 5.69 Å². The van der Waals surface area contributed by atoms with Gasteiger partial charge in [-0.05, 0) is 6.92 Å². The van der Waals surface area contributed by atoms with Crippen LogP contribution in [0.3, 0.4) is 0 Å². The minimum absolute atomic E-state index is 0.241. The van der Waals surface area contributed by atoms with Gasteiger partial charge in [0.15, 0.2) is 10.1 Å². The summed E-state index contributed by atoms with van der Waals surface area (Å²) >= 11 is 2.92. The Labute approximate surface area is 140 Å². The Bertz CT molecular complexity index is 984. The lowest BCUT2D eigenvalue weighted by Crippen LogP contribution is -2.12. The van der Waals surface area contributed by atoms with Crippen LogP contribution in [0.5, 0.6) is 0 Å². The van der Waals surface area contributed by atoms with Crippen LogP contribution in [0.1, 0.15) is 16.2 Å². The van der Waals surface area contributed by atoms with Crippen LogP contribution in [0.4, 0.5) is 5.13 Å². The summed E-state index contributed by atoms with van der Waals surface area (Å²) in [4.78, 5) is 21.9. The van der Waals surface area contributed by atoms with Crippen molar-refractivity contribution >= 4 is 38.7 Å². The summed E-state index contributed by atoms with van der Waals surface area (Å²) in [5.41, 5.74) is 3.35. The van der Waals surface area contributed by atoms with Crippen molar-refractivity contribution in [3.63, 3.8) is 0 Å². The van der Waals surface area contributed by atoms with E-state index in [9.17, 15) is 4.79 Å². The van der Waals surface area contributed by atoms with Crippen LogP contribution in [-0.2, 0) is 0 Å². The van der Waals surface area contributed by atoms with Gasteiger partial charge in [-0.1, -0.05) is 30.3 Å². The molecular formula is C16H12N4OS2. The topological polar surface area (TPSA) is 59.3 Å². The van der Waals surface area contributed by atoms with E-state index in [1.165, 1.54) is 22.7 Å². The Kier molecular flexibility index (Phi) is 3.44. The molecule has 1 aromatic carbocycles. The smallest absolute Gasteiger partial charge is 0.277 e. The second-order valence-electron chi connectivity index (χ2n) is 5.01. The third-order valence-corrected chi connectivity index (χ3v) is 5.13. The third-order valence-electron chi connectivity index (χ3n) is 3.42. The molecule has 4 rings (SSSR count). The zero-order valence-electron chi connectivity index (χ0n) is 12.2. The number of aromatic nitrogens is 3. The standard InChI is InChI=1S/C16H12N4OS2/c1-10-8-23-16-18-12(7-20(10)16)14(21)19-15-17-13(9-22-15)11-5-3-2-4-6-11/h2-9H,1H3,(H,17,19,21). The fourth-order valence-electron chi connectivity index (χ4n) is 2.24. The molecule has 7 heteroatoms. The van der Waals surface area contributed by atoms with Crippen LogP contribution >= 0.6 is 22.7 Å². The van der Waals surface area contributed by atoms with Crippen molar-refractivity contribution in [1.29, 1.82) is 0 Å². The average Bonchev–Trinajstić information content (AvgIpc) is 3.26. The quantitative estimate of drug-likeness (QED) is 0.611. The predicted octanol–water partition coefficient (Wildman–Crippen LogP) is 4.08. The maximum Gasteiger partial charge on any atom is 0.277 e. The molecule has 3 aromatic heterocycles. The molecule has 5 nitrogen and oxygen atoms in total. The summed E-state index contributed by atoms with van der Waals surface area (Å²) in [7, 11) is 0. The fourth-order valence-corrected chi connectivity index (χ4v) is 3.80. The molecule has 4 aromatic rings. The molecule has 114 valence electrons. The Morgan fingerprint density at radius 2 is 1.96 bits per heavy atom. The molecule has 0 bridgehead atoms. The van der Waals surface area contributed by atoms with Crippen LogP contribution < -0.4 is 5.32 Å². The molecular weight excluding hydrogens is 328 g/mol. The number of hydrogen-bond acceptors (Lipinski definition) is 5. The van der Waals surface area contributed by atoms with Crippen molar-refractivity contribution in [3.8, 4) is 11.3 Å². The lowest BCUT2D eigenvalue weighted by Gasteiger charge is -1.98. The number of rotatable bonds is 3. The molecule has 1 N–H and O–H groups in total. The lowest BCUT2D eigenvalue weighted by atomic mass is 10.2. The number of benzene rings is 1.